The maximum atomic E-state index is 12.5. The number of esters is 1. The fraction of sp³-hybridized carbons (Fsp3) is 0.550. The molecule has 0 radical (unpaired) electrons. The zero-order valence-electron chi connectivity index (χ0n) is 16.0. The summed E-state index contributed by atoms with van der Waals surface area (Å²) in [6.45, 7) is 5.70. The summed E-state index contributed by atoms with van der Waals surface area (Å²) in [5.41, 5.74) is 2.92. The standard InChI is InChI=1S/C20H26N2O4S/c1-4-13-7-6-8-14(5-2)18(13)21-16(23)11-26-19(25)15-12-27-20(3)10-9-17(24)22(15)20/h6-8,15H,4-5,9-12H2,1-3H3,(H,21,23)/t15-,20+/m1/s1. The summed E-state index contributed by atoms with van der Waals surface area (Å²) in [4.78, 5) is 38.3. The average molecular weight is 391 g/mol. The van der Waals surface area contributed by atoms with Gasteiger partial charge in [-0.3, -0.25) is 9.59 Å². The first-order valence-electron chi connectivity index (χ1n) is 9.43. The van der Waals surface area contributed by atoms with Crippen molar-refractivity contribution in [1.82, 2.24) is 4.90 Å². The van der Waals surface area contributed by atoms with Gasteiger partial charge in [0.05, 0.1) is 4.87 Å². The largest absolute Gasteiger partial charge is 0.454 e. The Kier molecular flexibility index (Phi) is 5.79. The average Bonchev–Trinajstić information content (AvgIpc) is 3.16. The molecule has 2 aliphatic heterocycles. The van der Waals surface area contributed by atoms with Crippen LogP contribution >= 0.6 is 11.8 Å². The van der Waals surface area contributed by atoms with Crippen LogP contribution in [0.5, 0.6) is 0 Å². The van der Waals surface area contributed by atoms with Crippen molar-refractivity contribution in [2.24, 2.45) is 0 Å². The van der Waals surface area contributed by atoms with Crippen LogP contribution in [-0.4, -0.2) is 46.0 Å². The second-order valence-corrected chi connectivity index (χ2v) is 8.58. The Morgan fingerprint density at radius 1 is 1.30 bits per heavy atom. The number of hydrogen-bond donors (Lipinski definition) is 1. The maximum absolute atomic E-state index is 12.5. The van der Waals surface area contributed by atoms with Crippen LogP contribution in [0.4, 0.5) is 5.69 Å². The first kappa shape index (κ1) is 19.7. The summed E-state index contributed by atoms with van der Waals surface area (Å²) >= 11 is 1.61. The summed E-state index contributed by atoms with van der Waals surface area (Å²) in [5, 5.41) is 2.89. The number of nitrogens with one attached hydrogen (secondary N) is 1. The van der Waals surface area contributed by atoms with Gasteiger partial charge in [0.15, 0.2) is 6.61 Å². The molecule has 2 heterocycles. The molecule has 6 nitrogen and oxygen atoms in total. The zero-order chi connectivity index (χ0) is 19.6. The quantitative estimate of drug-likeness (QED) is 0.756. The summed E-state index contributed by atoms with van der Waals surface area (Å²) in [5.74, 6) is -0.365. The van der Waals surface area contributed by atoms with Gasteiger partial charge in [-0.15, -0.1) is 11.8 Å². The van der Waals surface area contributed by atoms with E-state index in [2.05, 4.69) is 5.32 Å². The molecule has 1 N–H and O–H groups in total. The van der Waals surface area contributed by atoms with Gasteiger partial charge in [0.2, 0.25) is 5.91 Å². The maximum Gasteiger partial charge on any atom is 0.330 e. The monoisotopic (exact) mass is 390 g/mol. The molecule has 146 valence electrons. The van der Waals surface area contributed by atoms with Gasteiger partial charge in [-0.05, 0) is 37.3 Å². The summed E-state index contributed by atoms with van der Waals surface area (Å²) in [7, 11) is 0. The second-order valence-electron chi connectivity index (χ2n) is 7.08. The molecule has 0 aromatic heterocycles. The Bertz CT molecular complexity index is 744. The molecule has 0 bridgehead atoms. The molecular weight excluding hydrogens is 364 g/mol. The number of aryl methyl sites for hydroxylation is 2. The number of nitrogens with zero attached hydrogens (tertiary/aromatic N) is 1. The smallest absolute Gasteiger partial charge is 0.330 e. The molecule has 2 aliphatic rings. The normalized spacial score (nSPS) is 24.0. The number of thioether (sulfide) groups is 1. The van der Waals surface area contributed by atoms with E-state index in [0.29, 0.717) is 12.2 Å². The molecule has 27 heavy (non-hydrogen) atoms. The third-order valence-corrected chi connectivity index (χ3v) is 6.83. The van der Waals surface area contributed by atoms with Gasteiger partial charge in [-0.25, -0.2) is 4.79 Å². The van der Waals surface area contributed by atoms with Gasteiger partial charge in [-0.1, -0.05) is 32.0 Å². The minimum absolute atomic E-state index is 0.0154. The number of carbonyl (C=O) groups is 3. The van der Waals surface area contributed by atoms with Crippen molar-refractivity contribution in [2.45, 2.75) is 57.4 Å². The molecule has 2 saturated heterocycles. The Morgan fingerprint density at radius 2 is 1.96 bits per heavy atom. The molecule has 0 saturated carbocycles. The lowest BCUT2D eigenvalue weighted by Gasteiger charge is -2.29. The summed E-state index contributed by atoms with van der Waals surface area (Å²) < 4.78 is 5.25. The highest BCUT2D eigenvalue weighted by Gasteiger charge is 2.53. The predicted octanol–water partition coefficient (Wildman–Crippen LogP) is 2.75. The first-order chi connectivity index (χ1) is 12.9. The Balaban J connectivity index is 1.60. The van der Waals surface area contributed by atoms with Gasteiger partial charge in [0, 0.05) is 17.9 Å². The third kappa shape index (κ3) is 3.83. The van der Waals surface area contributed by atoms with Crippen LogP contribution in [0, 0.1) is 0 Å². The molecule has 1 aromatic carbocycles. The van der Waals surface area contributed by atoms with Gasteiger partial charge in [0.25, 0.3) is 5.91 Å². The SMILES string of the molecule is CCc1cccc(CC)c1NC(=O)COC(=O)[C@H]1CS[C@@]2(C)CCC(=O)N12. The van der Waals surface area contributed by atoms with E-state index < -0.39 is 12.0 Å². The number of benzene rings is 1. The Hall–Kier alpha value is -2.02. The fourth-order valence-electron chi connectivity index (χ4n) is 3.81. The number of fused-ring (bicyclic) bond motifs is 1. The first-order valence-corrected chi connectivity index (χ1v) is 10.4. The van der Waals surface area contributed by atoms with E-state index in [1.807, 2.05) is 39.0 Å². The Labute approximate surface area is 164 Å². The number of anilines is 1. The number of amides is 2. The molecule has 0 aliphatic carbocycles. The van der Waals surface area contributed by atoms with Crippen molar-refractivity contribution < 1.29 is 19.1 Å². The summed E-state index contributed by atoms with van der Waals surface area (Å²) in [6, 6.07) is 5.35. The van der Waals surface area contributed by atoms with Gasteiger partial charge < -0.3 is 15.0 Å². The lowest BCUT2D eigenvalue weighted by Crippen LogP contribution is -2.47. The Morgan fingerprint density at radius 3 is 2.59 bits per heavy atom. The lowest BCUT2D eigenvalue weighted by atomic mass is 10.0. The van der Waals surface area contributed by atoms with Crippen molar-refractivity contribution in [3.05, 3.63) is 29.3 Å². The van der Waals surface area contributed by atoms with Gasteiger partial charge in [0.1, 0.15) is 6.04 Å². The van der Waals surface area contributed by atoms with E-state index in [9.17, 15) is 14.4 Å². The molecule has 2 atom stereocenters. The highest BCUT2D eigenvalue weighted by Crippen LogP contribution is 2.47. The molecule has 2 fully saturated rings. The minimum Gasteiger partial charge on any atom is -0.454 e. The number of hydrogen-bond acceptors (Lipinski definition) is 5. The van der Waals surface area contributed by atoms with Crippen LogP contribution in [0.25, 0.3) is 0 Å². The number of rotatable bonds is 6. The minimum atomic E-state index is -0.600. The van der Waals surface area contributed by atoms with Crippen LogP contribution in [0.2, 0.25) is 0 Å². The van der Waals surface area contributed by atoms with Crippen molar-refractivity contribution in [3.63, 3.8) is 0 Å². The zero-order valence-corrected chi connectivity index (χ0v) is 16.9. The molecule has 0 unspecified atom stereocenters. The lowest BCUT2D eigenvalue weighted by molar-refractivity contribution is -0.155. The second kappa shape index (κ2) is 7.92. The van der Waals surface area contributed by atoms with Crippen molar-refractivity contribution in [3.8, 4) is 0 Å². The van der Waals surface area contributed by atoms with Gasteiger partial charge >= 0.3 is 5.97 Å². The van der Waals surface area contributed by atoms with Gasteiger partial charge in [-0.2, -0.15) is 0 Å². The fourth-order valence-corrected chi connectivity index (χ4v) is 5.22. The number of carbonyl (C=O) groups excluding carboxylic acids is 3. The van der Waals surface area contributed by atoms with E-state index in [1.165, 1.54) is 0 Å². The highest BCUT2D eigenvalue weighted by molar-refractivity contribution is 8.01. The third-order valence-electron chi connectivity index (χ3n) is 5.33. The summed E-state index contributed by atoms with van der Waals surface area (Å²) in [6.07, 6.45) is 2.81. The number of ether oxygens (including phenoxy) is 1. The molecule has 2 amide bonds. The van der Waals surface area contributed by atoms with E-state index in [1.54, 1.807) is 16.7 Å². The van der Waals surface area contributed by atoms with Crippen LogP contribution in [-0.2, 0) is 32.0 Å². The van der Waals surface area contributed by atoms with E-state index in [0.717, 1.165) is 36.1 Å². The van der Waals surface area contributed by atoms with Crippen LogP contribution in [0.15, 0.2) is 18.2 Å². The topological polar surface area (TPSA) is 75.7 Å². The van der Waals surface area contributed by atoms with Crippen LogP contribution in [0.3, 0.4) is 0 Å². The molecule has 1 aromatic rings. The van der Waals surface area contributed by atoms with Crippen LogP contribution < -0.4 is 5.32 Å². The number of para-hydroxylation sites is 1. The molecule has 7 heteroatoms. The molecular formula is C20H26N2O4S. The predicted molar refractivity (Wildman–Crippen MR) is 106 cm³/mol. The van der Waals surface area contributed by atoms with E-state index in [-0.39, 0.29) is 23.3 Å². The van der Waals surface area contributed by atoms with E-state index >= 15 is 0 Å². The van der Waals surface area contributed by atoms with Crippen molar-refractivity contribution in [2.75, 3.05) is 17.7 Å². The highest BCUT2D eigenvalue weighted by atomic mass is 32.2. The van der Waals surface area contributed by atoms with Crippen molar-refractivity contribution >= 4 is 35.2 Å². The molecule has 0 spiro atoms. The van der Waals surface area contributed by atoms with Crippen LogP contribution in [0.1, 0.15) is 44.7 Å². The van der Waals surface area contributed by atoms with E-state index in [4.69, 9.17) is 4.74 Å². The molecule has 3 rings (SSSR count). The van der Waals surface area contributed by atoms with Crippen molar-refractivity contribution in [1.29, 1.82) is 0 Å².